The van der Waals surface area contributed by atoms with Gasteiger partial charge < -0.3 is 50.4 Å². The topological polar surface area (TPSA) is 203 Å². The molecule has 3 aromatic carbocycles. The maximum atomic E-state index is 13.6. The number of carbonyl (C=O) groups excluding carboxylic acids is 6. The van der Waals surface area contributed by atoms with E-state index in [9.17, 15) is 28.8 Å². The van der Waals surface area contributed by atoms with E-state index >= 15 is 0 Å². The molecule has 0 radical (unpaired) electrons. The Morgan fingerprint density at radius 1 is 0.855 bits per heavy atom. The van der Waals surface area contributed by atoms with Gasteiger partial charge in [0, 0.05) is 36.8 Å². The Hall–Kier alpha value is -6.32. The van der Waals surface area contributed by atoms with Crippen molar-refractivity contribution in [1.29, 1.82) is 0 Å². The number of alkyl carbamates (subject to hydrolysis) is 1. The molecule has 0 aromatic heterocycles. The van der Waals surface area contributed by atoms with Crippen molar-refractivity contribution in [3.05, 3.63) is 83.4 Å². The number of amides is 6. The van der Waals surface area contributed by atoms with Crippen molar-refractivity contribution >= 4 is 35.6 Å². The third-order valence-corrected chi connectivity index (χ3v) is 9.09. The number of rotatable bonds is 6. The first-order chi connectivity index (χ1) is 26.5. The lowest BCUT2D eigenvalue weighted by molar-refractivity contribution is -0.138. The number of aryl methyl sites for hydroxylation is 1. The maximum absolute atomic E-state index is 13.6. The van der Waals surface area contributed by atoms with Crippen molar-refractivity contribution in [2.45, 2.75) is 57.3 Å². The fraction of sp³-hybridized carbons (Fsp3) is 0.385. The molecule has 1 saturated heterocycles. The molecule has 3 aliphatic heterocycles. The van der Waals surface area contributed by atoms with Crippen LogP contribution < -0.4 is 40.8 Å². The Bertz CT molecular complexity index is 1870. The molecule has 4 bridgehead atoms. The molecule has 55 heavy (non-hydrogen) atoms. The van der Waals surface area contributed by atoms with E-state index in [0.717, 1.165) is 5.56 Å². The molecule has 1 fully saturated rings. The Morgan fingerprint density at radius 2 is 1.64 bits per heavy atom. The first-order valence-corrected chi connectivity index (χ1v) is 18.0. The average Bonchev–Trinajstić information content (AvgIpc) is 3.63. The lowest BCUT2D eigenvalue weighted by Gasteiger charge is -2.26. The SMILES string of the molecule is COc1cc2ccc1CNC(=O)[C@H](C)NC(=O)[C@H](CCc1ccccc1)NC(=O)CN(C(=O)[C@@H]1COC(=O)N1)CCCCNC(=O)c1ccc(OC)c(c1)O2. The van der Waals surface area contributed by atoms with Crippen molar-refractivity contribution in [2.24, 2.45) is 0 Å². The van der Waals surface area contributed by atoms with Crippen LogP contribution in [0.25, 0.3) is 0 Å². The summed E-state index contributed by atoms with van der Waals surface area (Å²) in [5, 5.41) is 13.6. The number of nitrogens with zero attached hydrogens (tertiary/aromatic N) is 1. The number of ether oxygens (including phenoxy) is 4. The molecule has 292 valence electrons. The van der Waals surface area contributed by atoms with Gasteiger partial charge in [-0.25, -0.2) is 4.79 Å². The summed E-state index contributed by atoms with van der Waals surface area (Å²) in [6.45, 7) is 1.34. The van der Waals surface area contributed by atoms with E-state index in [2.05, 4.69) is 26.6 Å². The van der Waals surface area contributed by atoms with Crippen LogP contribution in [0.4, 0.5) is 4.79 Å². The van der Waals surface area contributed by atoms with Gasteiger partial charge in [-0.3, -0.25) is 24.0 Å². The summed E-state index contributed by atoms with van der Waals surface area (Å²) >= 11 is 0. The Kier molecular flexibility index (Phi) is 13.9. The molecule has 0 unspecified atom stereocenters. The van der Waals surface area contributed by atoms with Gasteiger partial charge in [-0.05, 0) is 68.5 Å². The minimum Gasteiger partial charge on any atom is -0.496 e. The molecule has 0 saturated carbocycles. The van der Waals surface area contributed by atoms with E-state index in [1.165, 1.54) is 26.0 Å². The molecular weight excluding hydrogens is 712 g/mol. The van der Waals surface area contributed by atoms with Crippen LogP contribution in [0.3, 0.4) is 0 Å². The number of carbonyl (C=O) groups is 6. The summed E-state index contributed by atoms with van der Waals surface area (Å²) in [6, 6.07) is 16.2. The number of fused-ring (bicyclic) bond motifs is 18. The molecule has 3 aromatic rings. The Labute approximate surface area is 318 Å². The zero-order valence-corrected chi connectivity index (χ0v) is 31.0. The number of hydrogen-bond donors (Lipinski definition) is 5. The fourth-order valence-corrected chi connectivity index (χ4v) is 6.05. The third-order valence-electron chi connectivity index (χ3n) is 9.09. The van der Waals surface area contributed by atoms with Crippen molar-refractivity contribution in [3.8, 4) is 23.0 Å². The van der Waals surface area contributed by atoms with Gasteiger partial charge in [0.1, 0.15) is 36.2 Å². The highest BCUT2D eigenvalue weighted by atomic mass is 16.6. The van der Waals surface area contributed by atoms with Crippen LogP contribution in [0, 0.1) is 0 Å². The molecule has 3 atom stereocenters. The van der Waals surface area contributed by atoms with E-state index in [1.807, 2.05) is 30.3 Å². The van der Waals surface area contributed by atoms with Crippen molar-refractivity contribution < 1.29 is 47.7 Å². The van der Waals surface area contributed by atoms with Gasteiger partial charge >= 0.3 is 6.09 Å². The van der Waals surface area contributed by atoms with Crippen LogP contribution in [0.15, 0.2) is 66.7 Å². The highest BCUT2D eigenvalue weighted by Crippen LogP contribution is 2.35. The molecule has 16 heteroatoms. The van der Waals surface area contributed by atoms with Crippen LogP contribution in [0.1, 0.15) is 47.7 Å². The summed E-state index contributed by atoms with van der Waals surface area (Å²) in [7, 11) is 2.96. The third kappa shape index (κ3) is 11.1. The highest BCUT2D eigenvalue weighted by Gasteiger charge is 2.34. The number of hydrogen-bond acceptors (Lipinski definition) is 10. The number of nitrogens with one attached hydrogen (secondary N) is 5. The van der Waals surface area contributed by atoms with E-state index in [4.69, 9.17) is 18.9 Å². The minimum absolute atomic E-state index is 0.0615. The summed E-state index contributed by atoms with van der Waals surface area (Å²) in [5.74, 6) is -1.09. The largest absolute Gasteiger partial charge is 0.496 e. The minimum atomic E-state index is -1.05. The van der Waals surface area contributed by atoms with Crippen molar-refractivity contribution in [2.75, 3.05) is 40.5 Å². The molecule has 0 aliphatic carbocycles. The molecule has 3 heterocycles. The van der Waals surface area contributed by atoms with E-state index < -0.39 is 54.4 Å². The van der Waals surface area contributed by atoms with E-state index in [1.54, 1.807) is 36.4 Å². The predicted octanol–water partition coefficient (Wildman–Crippen LogP) is 2.20. The van der Waals surface area contributed by atoms with Gasteiger partial charge in [0.25, 0.3) is 5.91 Å². The summed E-state index contributed by atoms with van der Waals surface area (Å²) in [4.78, 5) is 80.0. The van der Waals surface area contributed by atoms with Crippen LogP contribution in [-0.2, 0) is 36.9 Å². The summed E-state index contributed by atoms with van der Waals surface area (Å²) in [5.41, 5.74) is 1.88. The van der Waals surface area contributed by atoms with E-state index in [-0.39, 0.29) is 44.3 Å². The maximum Gasteiger partial charge on any atom is 0.407 e. The molecule has 6 rings (SSSR count). The van der Waals surface area contributed by atoms with Crippen molar-refractivity contribution in [3.63, 3.8) is 0 Å². The second-order valence-electron chi connectivity index (χ2n) is 13.1. The van der Waals surface area contributed by atoms with Crippen LogP contribution >= 0.6 is 0 Å². The zero-order chi connectivity index (χ0) is 39.3. The average molecular weight is 759 g/mol. The fourth-order valence-electron chi connectivity index (χ4n) is 6.05. The molecule has 6 amide bonds. The zero-order valence-electron chi connectivity index (χ0n) is 31.0. The van der Waals surface area contributed by atoms with Gasteiger partial charge in [-0.1, -0.05) is 30.3 Å². The summed E-state index contributed by atoms with van der Waals surface area (Å²) in [6.07, 6.45) is 0.733. The second-order valence-corrected chi connectivity index (χ2v) is 13.1. The van der Waals surface area contributed by atoms with E-state index in [0.29, 0.717) is 47.6 Å². The molecule has 16 nitrogen and oxygen atoms in total. The number of cyclic esters (lactones) is 1. The molecule has 5 N–H and O–H groups in total. The van der Waals surface area contributed by atoms with Gasteiger partial charge in [0.15, 0.2) is 11.5 Å². The normalized spacial score (nSPS) is 20.2. The number of methoxy groups -OCH3 is 2. The first-order valence-electron chi connectivity index (χ1n) is 18.0. The Morgan fingerprint density at radius 3 is 2.36 bits per heavy atom. The second kappa shape index (κ2) is 19.1. The molecular formula is C39H46N6O10. The standard InChI is InChI=1S/C39H46N6O10/c1-24-35(47)41-21-27-12-14-28(20-32(27)53-3)55-33-19-26(13-16-31(33)52-2)36(48)40-17-7-8-18-45(38(50)30-23-54-39(51)44-30)22-34(46)43-29(37(49)42-24)15-11-25-9-5-4-6-10-25/h4-6,9-10,12-14,16,19-20,24,29-30H,7-8,11,15,17-18,21-23H2,1-3H3,(H,40,48)(H,41,47)(H,42,49)(H,43,46)(H,44,51)/t24-,29-,30-/m0/s1. The first kappa shape index (κ1) is 39.9. The Balaban J connectivity index is 1.39. The summed E-state index contributed by atoms with van der Waals surface area (Å²) < 4.78 is 22.0. The van der Waals surface area contributed by atoms with Crippen LogP contribution in [0.5, 0.6) is 23.0 Å². The smallest absolute Gasteiger partial charge is 0.407 e. The number of benzene rings is 3. The molecule has 0 spiro atoms. The van der Waals surface area contributed by atoms with Gasteiger partial charge in [0.05, 0.1) is 20.8 Å². The van der Waals surface area contributed by atoms with Crippen molar-refractivity contribution in [1.82, 2.24) is 31.5 Å². The molecule has 3 aliphatic rings. The quantitative estimate of drug-likeness (QED) is 0.232. The monoisotopic (exact) mass is 758 g/mol. The highest BCUT2D eigenvalue weighted by molar-refractivity contribution is 5.95. The lowest BCUT2D eigenvalue weighted by atomic mass is 10.0. The van der Waals surface area contributed by atoms with Gasteiger partial charge in [0.2, 0.25) is 23.6 Å². The van der Waals surface area contributed by atoms with Gasteiger partial charge in [-0.2, -0.15) is 0 Å². The van der Waals surface area contributed by atoms with Crippen LogP contribution in [-0.4, -0.2) is 99.1 Å². The van der Waals surface area contributed by atoms with Crippen LogP contribution in [0.2, 0.25) is 0 Å². The van der Waals surface area contributed by atoms with Gasteiger partial charge in [-0.15, -0.1) is 0 Å². The predicted molar refractivity (Wildman–Crippen MR) is 199 cm³/mol. The lowest BCUT2D eigenvalue weighted by Crippen LogP contribution is -2.55.